The second kappa shape index (κ2) is 5.24. The van der Waals surface area contributed by atoms with Gasteiger partial charge in [0.25, 0.3) is 10.0 Å². The molecule has 110 valence electrons. The van der Waals surface area contributed by atoms with E-state index in [1.54, 1.807) is 6.07 Å². The number of aromatic nitrogens is 1. The number of aryl methyl sites for hydroxylation is 2. The van der Waals surface area contributed by atoms with E-state index in [2.05, 4.69) is 4.40 Å². The van der Waals surface area contributed by atoms with E-state index < -0.39 is 10.0 Å². The summed E-state index contributed by atoms with van der Waals surface area (Å²) in [4.78, 5) is 0.448. The minimum Gasteiger partial charge on any atom is -0.319 e. The molecule has 0 N–H and O–H groups in total. The summed E-state index contributed by atoms with van der Waals surface area (Å²) in [5.74, 6) is 0. The summed E-state index contributed by atoms with van der Waals surface area (Å²) in [5, 5.41) is 0. The number of halogens is 1. The van der Waals surface area contributed by atoms with Crippen LogP contribution in [0.1, 0.15) is 5.56 Å². The van der Waals surface area contributed by atoms with E-state index in [1.165, 1.54) is 17.4 Å². The number of para-hydroxylation sites is 1. The van der Waals surface area contributed by atoms with Crippen molar-refractivity contribution in [3.05, 3.63) is 45.0 Å². The van der Waals surface area contributed by atoms with Crippen LogP contribution in [0.2, 0.25) is 4.34 Å². The van der Waals surface area contributed by atoms with Gasteiger partial charge in [-0.2, -0.15) is 8.42 Å². The van der Waals surface area contributed by atoms with Gasteiger partial charge >= 0.3 is 0 Å². The van der Waals surface area contributed by atoms with Crippen LogP contribution in [0.15, 0.2) is 38.9 Å². The maximum atomic E-state index is 12.3. The molecule has 0 aliphatic carbocycles. The Morgan fingerprint density at radius 2 is 1.95 bits per heavy atom. The first kappa shape index (κ1) is 14.8. The average molecular weight is 359 g/mol. The van der Waals surface area contributed by atoms with E-state index in [4.69, 9.17) is 11.6 Å². The number of nitrogens with zero attached hydrogens (tertiary/aromatic N) is 2. The van der Waals surface area contributed by atoms with Crippen molar-refractivity contribution in [1.82, 2.24) is 4.57 Å². The molecule has 0 aliphatic heterocycles. The predicted molar refractivity (Wildman–Crippen MR) is 87.6 cm³/mol. The monoisotopic (exact) mass is 358 g/mol. The van der Waals surface area contributed by atoms with Gasteiger partial charge in [0.05, 0.1) is 14.6 Å². The molecule has 0 saturated heterocycles. The summed E-state index contributed by atoms with van der Waals surface area (Å²) in [6.45, 7) is 1.99. The van der Waals surface area contributed by atoms with E-state index in [0.29, 0.717) is 9.14 Å². The zero-order valence-corrected chi connectivity index (χ0v) is 14.4. The van der Waals surface area contributed by atoms with Crippen molar-refractivity contribution in [3.8, 4) is 0 Å². The molecule has 8 heteroatoms. The summed E-state index contributed by atoms with van der Waals surface area (Å²) >= 11 is 8.16. The lowest BCUT2D eigenvalue weighted by atomic mass is 10.2. The highest BCUT2D eigenvalue weighted by atomic mass is 35.5. The molecule has 1 aromatic carbocycles. The molecule has 3 rings (SSSR count). The maximum absolute atomic E-state index is 12.3. The Hall–Kier alpha value is -1.15. The van der Waals surface area contributed by atoms with Crippen molar-refractivity contribution in [2.45, 2.75) is 11.1 Å². The van der Waals surface area contributed by atoms with Crippen LogP contribution in [0.3, 0.4) is 0 Å². The highest BCUT2D eigenvalue weighted by Crippen LogP contribution is 2.27. The summed E-state index contributed by atoms with van der Waals surface area (Å²) < 4.78 is 32.0. The van der Waals surface area contributed by atoms with Gasteiger partial charge in [-0.05, 0) is 30.7 Å². The van der Waals surface area contributed by atoms with Crippen LogP contribution in [-0.2, 0) is 17.1 Å². The number of rotatable bonds is 2. The molecule has 0 atom stereocenters. The quantitative estimate of drug-likeness (QED) is 0.703. The van der Waals surface area contributed by atoms with Gasteiger partial charge in [-0.3, -0.25) is 0 Å². The lowest BCUT2D eigenvalue weighted by Crippen LogP contribution is -2.13. The molecule has 3 aromatic rings. The van der Waals surface area contributed by atoms with Gasteiger partial charge in [-0.15, -0.1) is 15.7 Å². The molecule has 0 saturated carbocycles. The zero-order valence-electron chi connectivity index (χ0n) is 11.2. The Morgan fingerprint density at radius 3 is 2.57 bits per heavy atom. The molecule has 0 aliphatic rings. The van der Waals surface area contributed by atoms with Crippen molar-refractivity contribution in [2.75, 3.05) is 0 Å². The van der Waals surface area contributed by atoms with Gasteiger partial charge in [0.2, 0.25) is 4.80 Å². The SMILES string of the molecule is Cc1cccc2s/c(=N\S(=O)(=O)c3ccc(Cl)s3)n(C)c12. The Kier molecular flexibility index (Phi) is 3.69. The van der Waals surface area contributed by atoms with Crippen LogP contribution in [0, 0.1) is 6.92 Å². The third-order valence-corrected chi connectivity index (χ3v) is 7.20. The zero-order chi connectivity index (χ0) is 15.2. The van der Waals surface area contributed by atoms with Gasteiger partial charge < -0.3 is 4.57 Å². The molecular weight excluding hydrogens is 348 g/mol. The van der Waals surface area contributed by atoms with Gasteiger partial charge in [0, 0.05) is 7.05 Å². The first-order valence-electron chi connectivity index (χ1n) is 6.00. The van der Waals surface area contributed by atoms with E-state index in [1.807, 2.05) is 36.7 Å². The standard InChI is InChI=1S/C13H11ClN2O2S3/c1-8-4-3-5-9-12(8)16(2)13(19-9)15-21(17,18)11-7-6-10(14)20-11/h3-7H,1-2H3/b15-13-. The summed E-state index contributed by atoms with van der Waals surface area (Å²) in [6, 6.07) is 8.94. The fourth-order valence-electron chi connectivity index (χ4n) is 2.07. The topological polar surface area (TPSA) is 51.4 Å². The molecule has 0 fully saturated rings. The highest BCUT2D eigenvalue weighted by Gasteiger charge is 2.16. The van der Waals surface area contributed by atoms with E-state index in [-0.39, 0.29) is 4.21 Å². The molecule has 4 nitrogen and oxygen atoms in total. The van der Waals surface area contributed by atoms with Crippen molar-refractivity contribution in [1.29, 1.82) is 0 Å². The number of hydrogen-bond donors (Lipinski definition) is 0. The number of benzene rings is 1. The summed E-state index contributed by atoms with van der Waals surface area (Å²) in [7, 11) is -1.91. The second-order valence-corrected chi connectivity index (χ2v) is 9.05. The van der Waals surface area contributed by atoms with Crippen molar-refractivity contribution in [3.63, 3.8) is 0 Å². The fourth-order valence-corrected chi connectivity index (χ4v) is 5.85. The van der Waals surface area contributed by atoms with Crippen LogP contribution in [0.25, 0.3) is 10.2 Å². The fraction of sp³-hybridized carbons (Fsp3) is 0.154. The molecule has 2 heterocycles. The Bertz CT molecular complexity index is 996. The molecule has 21 heavy (non-hydrogen) atoms. The number of hydrogen-bond acceptors (Lipinski definition) is 4. The molecule has 0 amide bonds. The first-order valence-corrected chi connectivity index (χ1v) is 9.45. The van der Waals surface area contributed by atoms with Gasteiger partial charge in [0.15, 0.2) is 0 Å². The third kappa shape index (κ3) is 2.66. The number of thiophene rings is 1. The van der Waals surface area contributed by atoms with Crippen LogP contribution in [0.5, 0.6) is 0 Å². The van der Waals surface area contributed by atoms with Crippen LogP contribution in [0.4, 0.5) is 0 Å². The maximum Gasteiger partial charge on any atom is 0.294 e. The van der Waals surface area contributed by atoms with Crippen LogP contribution < -0.4 is 4.80 Å². The molecule has 0 radical (unpaired) electrons. The number of thiazole rings is 1. The van der Waals surface area contributed by atoms with E-state index in [0.717, 1.165) is 27.1 Å². The molecule has 0 bridgehead atoms. The van der Waals surface area contributed by atoms with Crippen molar-refractivity contribution in [2.24, 2.45) is 11.4 Å². The van der Waals surface area contributed by atoms with E-state index >= 15 is 0 Å². The lowest BCUT2D eigenvalue weighted by molar-refractivity contribution is 0.598. The van der Waals surface area contributed by atoms with E-state index in [9.17, 15) is 8.42 Å². The molecule has 2 aromatic heterocycles. The Labute approximate surface area is 135 Å². The Balaban J connectivity index is 2.25. The average Bonchev–Trinajstić information content (AvgIpc) is 2.96. The minimum absolute atomic E-state index is 0.154. The number of fused-ring (bicyclic) bond motifs is 1. The lowest BCUT2D eigenvalue weighted by Gasteiger charge is -1.99. The number of sulfonamides is 1. The second-order valence-electron chi connectivity index (χ2n) is 4.49. The minimum atomic E-state index is -3.73. The normalized spacial score (nSPS) is 13.2. The van der Waals surface area contributed by atoms with Gasteiger partial charge in [0.1, 0.15) is 4.21 Å². The first-order chi connectivity index (χ1) is 9.88. The van der Waals surface area contributed by atoms with Gasteiger partial charge in [-0.1, -0.05) is 35.1 Å². The Morgan fingerprint density at radius 1 is 1.19 bits per heavy atom. The molecular formula is C13H11ClN2O2S3. The highest BCUT2D eigenvalue weighted by molar-refractivity contribution is 7.92. The third-order valence-electron chi connectivity index (χ3n) is 3.03. The summed E-state index contributed by atoms with van der Waals surface area (Å²) in [6.07, 6.45) is 0. The predicted octanol–water partition coefficient (Wildman–Crippen LogP) is 3.55. The van der Waals surface area contributed by atoms with Gasteiger partial charge in [-0.25, -0.2) is 0 Å². The van der Waals surface area contributed by atoms with Crippen molar-refractivity contribution < 1.29 is 8.42 Å². The van der Waals surface area contributed by atoms with Crippen LogP contribution in [-0.4, -0.2) is 13.0 Å². The largest absolute Gasteiger partial charge is 0.319 e. The molecule has 0 spiro atoms. The van der Waals surface area contributed by atoms with Crippen LogP contribution >= 0.6 is 34.3 Å². The summed E-state index contributed by atoms with van der Waals surface area (Å²) in [5.41, 5.74) is 2.09. The molecule has 0 unspecified atom stereocenters. The van der Waals surface area contributed by atoms with Crippen molar-refractivity contribution >= 4 is 54.5 Å². The smallest absolute Gasteiger partial charge is 0.294 e.